The molecule has 9 heteroatoms. The topological polar surface area (TPSA) is 123 Å². The fourth-order valence-electron chi connectivity index (χ4n) is 3.23. The summed E-state index contributed by atoms with van der Waals surface area (Å²) in [7, 11) is 4.27. The Labute approximate surface area is 154 Å². The van der Waals surface area contributed by atoms with Gasteiger partial charge in [0.05, 0.1) is 38.4 Å². The summed E-state index contributed by atoms with van der Waals surface area (Å²) >= 11 is 0. The number of H-pyrrole nitrogens is 2. The zero-order valence-electron chi connectivity index (χ0n) is 15.3. The number of benzene rings is 1. The number of carbonyl (C=O) groups is 1. The monoisotopic (exact) mass is 373 g/mol. The lowest BCUT2D eigenvalue weighted by atomic mass is 9.82. The number of anilines is 1. The number of aromatic amines is 2. The lowest BCUT2D eigenvalue weighted by Crippen LogP contribution is -2.34. The van der Waals surface area contributed by atoms with Crippen molar-refractivity contribution in [1.29, 1.82) is 0 Å². The zero-order chi connectivity index (χ0) is 19.7. The molecular weight excluding hydrogens is 354 g/mol. The van der Waals surface area contributed by atoms with E-state index in [-0.39, 0.29) is 17.0 Å². The summed E-state index contributed by atoms with van der Waals surface area (Å²) in [6.07, 6.45) is 0. The number of rotatable bonds is 4. The van der Waals surface area contributed by atoms with Gasteiger partial charge in [-0.3, -0.25) is 14.8 Å². The molecule has 0 bridgehead atoms. The number of nitrogens with one attached hydrogen (secondary N) is 3. The molecule has 0 saturated heterocycles. The first-order valence-electron chi connectivity index (χ1n) is 8.05. The first-order valence-corrected chi connectivity index (χ1v) is 8.05. The molecule has 0 aliphatic carbocycles. The van der Waals surface area contributed by atoms with Gasteiger partial charge >= 0.3 is 11.7 Å². The standard InChI is InChI=1S/C18H19N3O6/c1-8-12(17(23)27-4)13(9-5-6-10(25-2)11(7-9)26-3)14-15(19-8)20-18(24)21-16(14)22/h5-7,13H,1-4H3,(H3,19,20,21,22,24). The van der Waals surface area contributed by atoms with Crippen molar-refractivity contribution in [2.75, 3.05) is 26.6 Å². The average Bonchev–Trinajstić information content (AvgIpc) is 2.65. The lowest BCUT2D eigenvalue weighted by molar-refractivity contribution is -0.136. The van der Waals surface area contributed by atoms with Crippen molar-refractivity contribution in [3.63, 3.8) is 0 Å². The number of carbonyl (C=O) groups excluding carboxylic acids is 1. The summed E-state index contributed by atoms with van der Waals surface area (Å²) in [5.74, 6) is -0.178. The van der Waals surface area contributed by atoms with Gasteiger partial charge in [0.15, 0.2) is 11.5 Å². The van der Waals surface area contributed by atoms with E-state index in [2.05, 4.69) is 15.3 Å². The van der Waals surface area contributed by atoms with E-state index in [0.29, 0.717) is 22.8 Å². The minimum Gasteiger partial charge on any atom is -0.493 e. The highest BCUT2D eigenvalue weighted by Crippen LogP contribution is 2.41. The minimum atomic E-state index is -0.769. The molecule has 1 atom stereocenters. The van der Waals surface area contributed by atoms with Crippen LogP contribution >= 0.6 is 0 Å². The van der Waals surface area contributed by atoms with Crippen molar-refractivity contribution in [2.24, 2.45) is 0 Å². The molecule has 1 unspecified atom stereocenters. The quantitative estimate of drug-likeness (QED) is 0.686. The third-order valence-electron chi connectivity index (χ3n) is 4.42. The number of hydrogen-bond donors (Lipinski definition) is 3. The van der Waals surface area contributed by atoms with Crippen molar-refractivity contribution in [2.45, 2.75) is 12.8 Å². The largest absolute Gasteiger partial charge is 0.493 e. The van der Waals surface area contributed by atoms with E-state index in [9.17, 15) is 14.4 Å². The minimum absolute atomic E-state index is 0.202. The second-order valence-electron chi connectivity index (χ2n) is 5.90. The van der Waals surface area contributed by atoms with E-state index >= 15 is 0 Å². The number of allylic oxidation sites excluding steroid dienone is 1. The molecule has 1 aliphatic rings. The zero-order valence-corrected chi connectivity index (χ0v) is 15.3. The predicted octanol–water partition coefficient (Wildman–Crippen LogP) is 1.08. The van der Waals surface area contributed by atoms with Gasteiger partial charge in [-0.15, -0.1) is 0 Å². The van der Waals surface area contributed by atoms with E-state index in [1.807, 2.05) is 0 Å². The third kappa shape index (κ3) is 3.07. The van der Waals surface area contributed by atoms with Gasteiger partial charge in [0.2, 0.25) is 0 Å². The number of methoxy groups -OCH3 is 3. The van der Waals surface area contributed by atoms with E-state index in [0.717, 1.165) is 0 Å². The van der Waals surface area contributed by atoms with Crippen LogP contribution in [0.2, 0.25) is 0 Å². The van der Waals surface area contributed by atoms with Crippen molar-refractivity contribution >= 4 is 11.8 Å². The van der Waals surface area contributed by atoms with Crippen molar-refractivity contribution < 1.29 is 19.0 Å². The Morgan fingerprint density at radius 1 is 1.04 bits per heavy atom. The summed E-state index contributed by atoms with van der Waals surface area (Å²) in [5, 5.41) is 2.91. The van der Waals surface area contributed by atoms with Crippen LogP contribution in [0.25, 0.3) is 0 Å². The Morgan fingerprint density at radius 2 is 1.74 bits per heavy atom. The Hall–Kier alpha value is -3.49. The molecule has 1 aliphatic heterocycles. The van der Waals surface area contributed by atoms with Gasteiger partial charge in [-0.05, 0) is 24.6 Å². The highest BCUT2D eigenvalue weighted by molar-refractivity contribution is 5.94. The summed E-state index contributed by atoms with van der Waals surface area (Å²) in [6, 6.07) is 5.08. The van der Waals surface area contributed by atoms with Gasteiger partial charge in [0.25, 0.3) is 5.56 Å². The molecule has 2 heterocycles. The molecule has 1 aromatic carbocycles. The molecule has 0 saturated carbocycles. The number of ether oxygens (including phenoxy) is 3. The van der Waals surface area contributed by atoms with Crippen molar-refractivity contribution in [3.8, 4) is 11.5 Å². The Kier molecular flexibility index (Phi) is 4.76. The van der Waals surface area contributed by atoms with Gasteiger partial charge in [-0.25, -0.2) is 9.59 Å². The number of hydrogen-bond acceptors (Lipinski definition) is 7. The van der Waals surface area contributed by atoms with Crippen LogP contribution in [0.4, 0.5) is 5.82 Å². The number of fused-ring (bicyclic) bond motifs is 1. The average molecular weight is 373 g/mol. The van der Waals surface area contributed by atoms with Crippen LogP contribution in [0.3, 0.4) is 0 Å². The summed E-state index contributed by atoms with van der Waals surface area (Å²) in [5.41, 5.74) is 0.284. The fraction of sp³-hybridized carbons (Fsp3) is 0.278. The molecule has 142 valence electrons. The van der Waals surface area contributed by atoms with Crippen LogP contribution < -0.4 is 26.0 Å². The fourth-order valence-corrected chi connectivity index (χ4v) is 3.23. The maximum atomic E-state index is 12.6. The molecule has 0 fully saturated rings. The summed E-state index contributed by atoms with van der Waals surface area (Å²) < 4.78 is 15.5. The molecule has 3 rings (SSSR count). The van der Waals surface area contributed by atoms with Crippen LogP contribution in [0.1, 0.15) is 24.0 Å². The third-order valence-corrected chi connectivity index (χ3v) is 4.42. The smallest absolute Gasteiger partial charge is 0.336 e. The van der Waals surface area contributed by atoms with Crippen LogP contribution in [0.15, 0.2) is 39.1 Å². The highest BCUT2D eigenvalue weighted by Gasteiger charge is 2.36. The van der Waals surface area contributed by atoms with Crippen LogP contribution in [-0.2, 0) is 9.53 Å². The Morgan fingerprint density at radius 3 is 2.37 bits per heavy atom. The first kappa shape index (κ1) is 18.3. The maximum absolute atomic E-state index is 12.6. The summed E-state index contributed by atoms with van der Waals surface area (Å²) in [4.78, 5) is 41.5. The predicted molar refractivity (Wildman–Crippen MR) is 97.4 cm³/mol. The molecule has 0 radical (unpaired) electrons. The van der Waals surface area contributed by atoms with Gasteiger partial charge < -0.3 is 19.5 Å². The second-order valence-corrected chi connectivity index (χ2v) is 5.90. The van der Waals surface area contributed by atoms with E-state index in [1.165, 1.54) is 21.3 Å². The number of aromatic nitrogens is 2. The van der Waals surface area contributed by atoms with Gasteiger partial charge in [0.1, 0.15) is 5.82 Å². The molecule has 1 aromatic heterocycles. The normalized spacial score (nSPS) is 15.6. The van der Waals surface area contributed by atoms with E-state index in [4.69, 9.17) is 14.2 Å². The molecule has 3 N–H and O–H groups in total. The van der Waals surface area contributed by atoms with Crippen LogP contribution in [0.5, 0.6) is 11.5 Å². The molecule has 9 nitrogen and oxygen atoms in total. The summed E-state index contributed by atoms with van der Waals surface area (Å²) in [6.45, 7) is 1.67. The van der Waals surface area contributed by atoms with Gasteiger partial charge in [-0.2, -0.15) is 0 Å². The highest BCUT2D eigenvalue weighted by atomic mass is 16.5. The van der Waals surface area contributed by atoms with Crippen molar-refractivity contribution in [3.05, 3.63) is 61.4 Å². The molecule has 2 aromatic rings. The second kappa shape index (κ2) is 7.02. The van der Waals surface area contributed by atoms with Crippen LogP contribution in [0, 0.1) is 0 Å². The van der Waals surface area contributed by atoms with E-state index in [1.54, 1.807) is 25.1 Å². The first-order chi connectivity index (χ1) is 12.9. The Balaban J connectivity index is 2.32. The van der Waals surface area contributed by atoms with Gasteiger partial charge in [0, 0.05) is 5.70 Å². The van der Waals surface area contributed by atoms with Crippen molar-refractivity contribution in [1.82, 2.24) is 9.97 Å². The SMILES string of the molecule is COC(=O)C1=C(C)Nc2[nH]c(=O)[nH]c(=O)c2C1c1ccc(OC)c(OC)c1. The molecule has 0 amide bonds. The molecule has 27 heavy (non-hydrogen) atoms. The maximum Gasteiger partial charge on any atom is 0.336 e. The number of esters is 1. The van der Waals surface area contributed by atoms with E-state index < -0.39 is 23.1 Å². The lowest BCUT2D eigenvalue weighted by Gasteiger charge is -2.28. The Bertz CT molecular complexity index is 1050. The molecular formula is C18H19N3O6. The van der Waals surface area contributed by atoms with Gasteiger partial charge in [-0.1, -0.05) is 6.07 Å². The van der Waals surface area contributed by atoms with Crippen LogP contribution in [-0.4, -0.2) is 37.3 Å². The molecule has 0 spiro atoms.